The smallest absolute Gasteiger partial charge is 0.340 e. The van der Waals surface area contributed by atoms with Crippen LogP contribution in [0.25, 0.3) is 0 Å². The molecule has 2 fully saturated rings. The number of thioether (sulfide) groups is 1. The molecule has 0 aromatic carbocycles. The number of carbonyl (C=O) groups is 3. The first kappa shape index (κ1) is 10.3. The van der Waals surface area contributed by atoms with E-state index in [1.807, 2.05) is 0 Å². The minimum absolute atomic E-state index is 0.114. The van der Waals surface area contributed by atoms with E-state index in [1.165, 1.54) is 0 Å². The minimum Gasteiger partial charge on any atom is -0.480 e. The summed E-state index contributed by atoms with van der Waals surface area (Å²) in [4.78, 5) is 33.1. The fourth-order valence-corrected chi connectivity index (χ4v) is 3.49. The van der Waals surface area contributed by atoms with Crippen LogP contribution >= 0.6 is 11.8 Å². The molecule has 2 heterocycles. The van der Waals surface area contributed by atoms with Crippen molar-refractivity contribution in [1.29, 1.82) is 0 Å². The maximum atomic E-state index is 11.5. The number of rotatable bonds is 2. The van der Waals surface area contributed by atoms with Crippen molar-refractivity contribution in [2.45, 2.75) is 23.8 Å². The van der Waals surface area contributed by atoms with Crippen LogP contribution in [0.1, 0.15) is 12.8 Å². The van der Waals surface area contributed by atoms with E-state index >= 15 is 0 Å². The third-order valence-electron chi connectivity index (χ3n) is 2.75. The summed E-state index contributed by atoms with van der Waals surface area (Å²) >= 11 is 1.03. The normalized spacial score (nSPS) is 34.3. The van der Waals surface area contributed by atoms with Gasteiger partial charge in [-0.15, -0.1) is 11.8 Å². The second-order valence-corrected chi connectivity index (χ2v) is 4.82. The first-order chi connectivity index (χ1) is 6.99. The van der Waals surface area contributed by atoms with E-state index in [-0.39, 0.29) is 24.5 Å². The van der Waals surface area contributed by atoms with E-state index in [4.69, 9.17) is 10.2 Å². The molecule has 0 saturated carbocycles. The lowest BCUT2D eigenvalue weighted by molar-refractivity contribution is -0.154. The van der Waals surface area contributed by atoms with Gasteiger partial charge in [-0.2, -0.15) is 0 Å². The molecule has 7 heteroatoms. The summed E-state index contributed by atoms with van der Waals surface area (Å²) in [5, 5.41) is 18.0. The van der Waals surface area contributed by atoms with Gasteiger partial charge in [-0.3, -0.25) is 4.79 Å². The molecule has 1 amide bonds. The second kappa shape index (κ2) is 3.13. The Morgan fingerprint density at radius 1 is 1.47 bits per heavy atom. The molecule has 0 aromatic heterocycles. The van der Waals surface area contributed by atoms with Gasteiger partial charge in [-0.05, 0) is 6.42 Å². The SMILES string of the molecule is O=C(O)[C@@H]1CS[C@@]2(C(=O)O)CCC(=O)N12. The highest BCUT2D eigenvalue weighted by Crippen LogP contribution is 2.47. The van der Waals surface area contributed by atoms with Crippen molar-refractivity contribution in [1.82, 2.24) is 4.90 Å². The van der Waals surface area contributed by atoms with Gasteiger partial charge < -0.3 is 15.1 Å². The summed E-state index contributed by atoms with van der Waals surface area (Å²) < 4.78 is 0. The zero-order chi connectivity index (χ0) is 11.2. The molecule has 2 rings (SSSR count). The standard InChI is InChI=1S/C8H9NO5S/c10-5-1-2-8(7(13)14)9(5)4(3-15-8)6(11)12/h4H,1-3H2,(H,11,12)(H,13,14)/t4-,8+/m0/s1. The molecule has 0 aliphatic carbocycles. The lowest BCUT2D eigenvalue weighted by Gasteiger charge is -2.28. The summed E-state index contributed by atoms with van der Waals surface area (Å²) in [5.74, 6) is -2.49. The number of carboxylic acid groups (broad SMARTS) is 2. The fourth-order valence-electron chi connectivity index (χ4n) is 2.03. The van der Waals surface area contributed by atoms with Crippen LogP contribution < -0.4 is 0 Å². The number of carbonyl (C=O) groups excluding carboxylic acids is 1. The molecule has 2 aliphatic heterocycles. The van der Waals surface area contributed by atoms with Crippen molar-refractivity contribution < 1.29 is 24.6 Å². The topological polar surface area (TPSA) is 94.9 Å². The van der Waals surface area contributed by atoms with Crippen molar-refractivity contribution in [2.24, 2.45) is 0 Å². The molecule has 2 N–H and O–H groups in total. The lowest BCUT2D eigenvalue weighted by atomic mass is 10.2. The molecule has 0 spiro atoms. The van der Waals surface area contributed by atoms with Gasteiger partial charge in [0.1, 0.15) is 6.04 Å². The van der Waals surface area contributed by atoms with Crippen LogP contribution in [-0.2, 0) is 14.4 Å². The average molecular weight is 231 g/mol. The Balaban J connectivity index is 2.39. The van der Waals surface area contributed by atoms with Crippen LogP contribution in [0.2, 0.25) is 0 Å². The highest BCUT2D eigenvalue weighted by molar-refractivity contribution is 8.01. The minimum atomic E-state index is -1.33. The number of carboxylic acids is 2. The molecule has 0 bridgehead atoms. The zero-order valence-electron chi connectivity index (χ0n) is 7.67. The van der Waals surface area contributed by atoms with Crippen LogP contribution in [-0.4, -0.2) is 49.6 Å². The van der Waals surface area contributed by atoms with Gasteiger partial charge in [-0.1, -0.05) is 0 Å². The molecule has 15 heavy (non-hydrogen) atoms. The number of hydrogen-bond acceptors (Lipinski definition) is 4. The van der Waals surface area contributed by atoms with Crippen molar-refractivity contribution in [3.05, 3.63) is 0 Å². The van der Waals surface area contributed by atoms with Crippen LogP contribution in [0.15, 0.2) is 0 Å². The van der Waals surface area contributed by atoms with Crippen molar-refractivity contribution >= 4 is 29.6 Å². The van der Waals surface area contributed by atoms with E-state index in [2.05, 4.69) is 0 Å². The van der Waals surface area contributed by atoms with Crippen LogP contribution in [0, 0.1) is 0 Å². The van der Waals surface area contributed by atoms with Crippen LogP contribution in [0.5, 0.6) is 0 Å². The van der Waals surface area contributed by atoms with E-state index < -0.39 is 22.9 Å². The van der Waals surface area contributed by atoms with Crippen LogP contribution in [0.4, 0.5) is 0 Å². The largest absolute Gasteiger partial charge is 0.480 e. The number of nitrogens with zero attached hydrogens (tertiary/aromatic N) is 1. The Morgan fingerprint density at radius 2 is 2.13 bits per heavy atom. The molecule has 2 saturated heterocycles. The van der Waals surface area contributed by atoms with Gasteiger partial charge in [0.2, 0.25) is 5.91 Å². The summed E-state index contributed by atoms with van der Waals surface area (Å²) in [6, 6.07) is -0.999. The molecule has 6 nitrogen and oxygen atoms in total. The van der Waals surface area contributed by atoms with Gasteiger partial charge >= 0.3 is 11.9 Å². The predicted octanol–water partition coefficient (Wildman–Crippen LogP) is -0.410. The number of aliphatic carboxylic acids is 2. The fraction of sp³-hybridized carbons (Fsp3) is 0.625. The van der Waals surface area contributed by atoms with Crippen molar-refractivity contribution in [3.63, 3.8) is 0 Å². The first-order valence-corrected chi connectivity index (χ1v) is 5.40. The van der Waals surface area contributed by atoms with Crippen molar-refractivity contribution in [2.75, 3.05) is 5.75 Å². The Bertz CT molecular complexity index is 357. The van der Waals surface area contributed by atoms with Gasteiger partial charge in [0, 0.05) is 12.2 Å². The summed E-state index contributed by atoms with van der Waals surface area (Å²) in [6.07, 6.45) is 0.304. The van der Waals surface area contributed by atoms with E-state index in [1.54, 1.807) is 0 Å². The first-order valence-electron chi connectivity index (χ1n) is 4.41. The van der Waals surface area contributed by atoms with Crippen molar-refractivity contribution in [3.8, 4) is 0 Å². The lowest BCUT2D eigenvalue weighted by Crippen LogP contribution is -2.51. The van der Waals surface area contributed by atoms with Gasteiger partial charge in [0.05, 0.1) is 0 Å². The molecular formula is C8H9NO5S. The molecule has 0 radical (unpaired) electrons. The van der Waals surface area contributed by atoms with Gasteiger partial charge in [0.15, 0.2) is 4.87 Å². The summed E-state index contributed by atoms with van der Waals surface area (Å²) in [7, 11) is 0. The predicted molar refractivity (Wildman–Crippen MR) is 50.3 cm³/mol. The zero-order valence-corrected chi connectivity index (χ0v) is 8.49. The van der Waals surface area contributed by atoms with E-state index in [0.29, 0.717) is 0 Å². The Kier molecular flexibility index (Phi) is 2.14. The Morgan fingerprint density at radius 3 is 2.67 bits per heavy atom. The number of fused-ring (bicyclic) bond motifs is 1. The maximum Gasteiger partial charge on any atom is 0.340 e. The molecule has 2 aliphatic rings. The van der Waals surface area contributed by atoms with Gasteiger partial charge in [0.25, 0.3) is 0 Å². The summed E-state index contributed by atoms with van der Waals surface area (Å²) in [6.45, 7) is 0. The number of hydrogen-bond donors (Lipinski definition) is 2. The monoisotopic (exact) mass is 231 g/mol. The third-order valence-corrected chi connectivity index (χ3v) is 4.28. The molecular weight excluding hydrogens is 222 g/mol. The highest BCUT2D eigenvalue weighted by atomic mass is 32.2. The quantitative estimate of drug-likeness (QED) is 0.670. The number of amides is 1. The average Bonchev–Trinajstić information content (AvgIpc) is 2.66. The maximum absolute atomic E-state index is 11.5. The van der Waals surface area contributed by atoms with E-state index in [9.17, 15) is 14.4 Å². The van der Waals surface area contributed by atoms with Crippen LogP contribution in [0.3, 0.4) is 0 Å². The highest BCUT2D eigenvalue weighted by Gasteiger charge is 2.60. The molecule has 0 unspecified atom stereocenters. The molecule has 0 aromatic rings. The Hall–Kier alpha value is -1.24. The second-order valence-electron chi connectivity index (χ2n) is 3.52. The summed E-state index contributed by atoms with van der Waals surface area (Å²) in [5.41, 5.74) is 0. The Labute approximate surface area is 89.2 Å². The molecule has 82 valence electrons. The molecule has 2 atom stereocenters. The van der Waals surface area contributed by atoms with E-state index in [0.717, 1.165) is 16.7 Å². The third kappa shape index (κ3) is 1.22. The van der Waals surface area contributed by atoms with Gasteiger partial charge in [-0.25, -0.2) is 9.59 Å².